The van der Waals surface area contributed by atoms with Crippen LogP contribution in [-0.4, -0.2) is 18.7 Å². The maximum absolute atomic E-state index is 11.6. The largest absolute Gasteiger partial charge is 0.490 e. The molecule has 1 aliphatic rings. The Kier molecular flexibility index (Phi) is 4.62. The SMILES string of the molecule is CCCCC1CC(COc2ccccc2)OC1=O. The van der Waals surface area contributed by atoms with Crippen molar-refractivity contribution in [2.75, 3.05) is 6.61 Å². The van der Waals surface area contributed by atoms with Crippen molar-refractivity contribution in [2.24, 2.45) is 5.92 Å². The normalized spacial score (nSPS) is 22.8. The lowest BCUT2D eigenvalue weighted by molar-refractivity contribution is -0.145. The van der Waals surface area contributed by atoms with Crippen molar-refractivity contribution in [1.29, 1.82) is 0 Å². The lowest BCUT2D eigenvalue weighted by Gasteiger charge is -2.10. The first-order valence-electron chi connectivity index (χ1n) is 6.68. The molecule has 0 saturated carbocycles. The van der Waals surface area contributed by atoms with Crippen molar-refractivity contribution in [3.8, 4) is 5.75 Å². The first-order chi connectivity index (χ1) is 8.79. The molecule has 2 unspecified atom stereocenters. The Morgan fingerprint density at radius 3 is 2.83 bits per heavy atom. The van der Waals surface area contributed by atoms with Gasteiger partial charge in [-0.25, -0.2) is 0 Å². The summed E-state index contributed by atoms with van der Waals surface area (Å²) in [6, 6.07) is 9.62. The lowest BCUT2D eigenvalue weighted by Crippen LogP contribution is -2.17. The summed E-state index contributed by atoms with van der Waals surface area (Å²) in [6.07, 6.45) is 3.86. The summed E-state index contributed by atoms with van der Waals surface area (Å²) in [5.74, 6) is 0.852. The molecule has 1 aliphatic heterocycles. The number of ether oxygens (including phenoxy) is 2. The highest BCUT2D eigenvalue weighted by Gasteiger charge is 2.34. The molecule has 3 nitrogen and oxygen atoms in total. The molecule has 1 heterocycles. The van der Waals surface area contributed by atoms with Crippen LogP contribution in [-0.2, 0) is 9.53 Å². The molecule has 3 heteroatoms. The van der Waals surface area contributed by atoms with Crippen LogP contribution >= 0.6 is 0 Å². The van der Waals surface area contributed by atoms with Crippen molar-refractivity contribution in [3.63, 3.8) is 0 Å². The van der Waals surface area contributed by atoms with Gasteiger partial charge in [-0.2, -0.15) is 0 Å². The standard InChI is InChI=1S/C15H20O3/c1-2-3-7-12-10-14(18-15(12)16)11-17-13-8-5-4-6-9-13/h4-6,8-9,12,14H,2-3,7,10-11H2,1H3. The molecular weight excluding hydrogens is 228 g/mol. The summed E-state index contributed by atoms with van der Waals surface area (Å²) >= 11 is 0. The third-order valence-corrected chi connectivity index (χ3v) is 3.25. The molecule has 0 radical (unpaired) electrons. The maximum Gasteiger partial charge on any atom is 0.309 e. The minimum atomic E-state index is -0.0837. The Balaban J connectivity index is 1.77. The van der Waals surface area contributed by atoms with E-state index in [1.165, 1.54) is 0 Å². The van der Waals surface area contributed by atoms with Crippen LogP contribution in [0.2, 0.25) is 0 Å². The number of cyclic esters (lactones) is 1. The number of carbonyl (C=O) groups is 1. The van der Waals surface area contributed by atoms with E-state index in [1.807, 2.05) is 30.3 Å². The minimum absolute atomic E-state index is 0.0508. The van der Waals surface area contributed by atoms with E-state index in [-0.39, 0.29) is 18.0 Å². The first-order valence-corrected chi connectivity index (χ1v) is 6.68. The van der Waals surface area contributed by atoms with Gasteiger partial charge in [0.1, 0.15) is 18.5 Å². The number of rotatable bonds is 6. The van der Waals surface area contributed by atoms with E-state index in [0.29, 0.717) is 6.61 Å². The molecule has 2 rings (SSSR count). The Morgan fingerprint density at radius 2 is 2.11 bits per heavy atom. The van der Waals surface area contributed by atoms with E-state index in [9.17, 15) is 4.79 Å². The second kappa shape index (κ2) is 6.43. The fourth-order valence-electron chi connectivity index (χ4n) is 2.22. The predicted molar refractivity (Wildman–Crippen MR) is 69.4 cm³/mol. The van der Waals surface area contributed by atoms with Gasteiger partial charge in [-0.05, 0) is 18.6 Å². The lowest BCUT2D eigenvalue weighted by atomic mass is 9.99. The second-order valence-corrected chi connectivity index (χ2v) is 4.76. The quantitative estimate of drug-likeness (QED) is 0.725. The van der Waals surface area contributed by atoms with Crippen molar-refractivity contribution in [1.82, 2.24) is 0 Å². The van der Waals surface area contributed by atoms with E-state index in [1.54, 1.807) is 0 Å². The number of hydrogen-bond acceptors (Lipinski definition) is 3. The Hall–Kier alpha value is -1.51. The summed E-state index contributed by atoms with van der Waals surface area (Å²) in [5.41, 5.74) is 0. The van der Waals surface area contributed by atoms with Crippen LogP contribution in [0.1, 0.15) is 32.6 Å². The molecule has 98 valence electrons. The van der Waals surface area contributed by atoms with Crippen LogP contribution in [0.15, 0.2) is 30.3 Å². The average Bonchev–Trinajstić information content (AvgIpc) is 2.76. The number of hydrogen-bond donors (Lipinski definition) is 0. The van der Waals surface area contributed by atoms with Gasteiger partial charge in [0.2, 0.25) is 0 Å². The fourth-order valence-corrected chi connectivity index (χ4v) is 2.22. The maximum atomic E-state index is 11.6. The van der Waals surface area contributed by atoms with Crippen LogP contribution in [0.4, 0.5) is 0 Å². The summed E-state index contributed by atoms with van der Waals surface area (Å²) < 4.78 is 10.9. The number of para-hydroxylation sites is 1. The average molecular weight is 248 g/mol. The highest BCUT2D eigenvalue weighted by atomic mass is 16.6. The van der Waals surface area contributed by atoms with Crippen molar-refractivity contribution < 1.29 is 14.3 Å². The molecule has 18 heavy (non-hydrogen) atoms. The molecule has 0 amide bonds. The molecule has 0 bridgehead atoms. The highest BCUT2D eigenvalue weighted by molar-refractivity contribution is 5.74. The van der Waals surface area contributed by atoms with Crippen LogP contribution in [0.5, 0.6) is 5.75 Å². The molecule has 0 spiro atoms. The molecule has 2 atom stereocenters. The molecule has 1 aromatic carbocycles. The molecular formula is C15H20O3. The number of esters is 1. The Labute approximate surface area is 108 Å². The fraction of sp³-hybridized carbons (Fsp3) is 0.533. The highest BCUT2D eigenvalue weighted by Crippen LogP contribution is 2.26. The van der Waals surface area contributed by atoms with Gasteiger partial charge in [0, 0.05) is 6.42 Å². The van der Waals surface area contributed by atoms with E-state index in [0.717, 1.165) is 31.4 Å². The zero-order valence-corrected chi connectivity index (χ0v) is 10.8. The summed E-state index contributed by atoms with van der Waals surface area (Å²) in [5, 5.41) is 0. The Morgan fingerprint density at radius 1 is 1.33 bits per heavy atom. The third kappa shape index (κ3) is 3.49. The molecule has 1 saturated heterocycles. The van der Waals surface area contributed by atoms with Crippen molar-refractivity contribution in [2.45, 2.75) is 38.7 Å². The minimum Gasteiger partial charge on any atom is -0.490 e. The van der Waals surface area contributed by atoms with Gasteiger partial charge < -0.3 is 9.47 Å². The van der Waals surface area contributed by atoms with Crippen LogP contribution in [0, 0.1) is 5.92 Å². The van der Waals surface area contributed by atoms with Crippen molar-refractivity contribution >= 4 is 5.97 Å². The van der Waals surface area contributed by atoms with Gasteiger partial charge >= 0.3 is 5.97 Å². The van der Waals surface area contributed by atoms with E-state index in [4.69, 9.17) is 9.47 Å². The van der Waals surface area contributed by atoms with Crippen LogP contribution in [0.25, 0.3) is 0 Å². The van der Waals surface area contributed by atoms with E-state index >= 15 is 0 Å². The monoisotopic (exact) mass is 248 g/mol. The summed E-state index contributed by atoms with van der Waals surface area (Å²) in [4.78, 5) is 11.6. The zero-order valence-electron chi connectivity index (χ0n) is 10.8. The number of unbranched alkanes of at least 4 members (excludes halogenated alkanes) is 1. The summed E-state index contributed by atoms with van der Waals surface area (Å²) in [7, 11) is 0. The first kappa shape index (κ1) is 12.9. The topological polar surface area (TPSA) is 35.5 Å². The zero-order chi connectivity index (χ0) is 12.8. The van der Waals surface area contributed by atoms with Crippen molar-refractivity contribution in [3.05, 3.63) is 30.3 Å². The molecule has 0 aliphatic carbocycles. The van der Waals surface area contributed by atoms with Gasteiger partial charge in [0.25, 0.3) is 0 Å². The van der Waals surface area contributed by atoms with Gasteiger partial charge in [0.05, 0.1) is 5.92 Å². The number of carbonyl (C=O) groups excluding carboxylic acids is 1. The third-order valence-electron chi connectivity index (χ3n) is 3.25. The van der Waals surface area contributed by atoms with Crippen LogP contribution in [0.3, 0.4) is 0 Å². The van der Waals surface area contributed by atoms with E-state index < -0.39 is 0 Å². The summed E-state index contributed by atoms with van der Waals surface area (Å²) in [6.45, 7) is 2.59. The van der Waals surface area contributed by atoms with Gasteiger partial charge in [-0.3, -0.25) is 4.79 Å². The smallest absolute Gasteiger partial charge is 0.309 e. The Bertz CT molecular complexity index is 375. The van der Waals surface area contributed by atoms with Gasteiger partial charge in [0.15, 0.2) is 0 Å². The molecule has 1 aromatic rings. The van der Waals surface area contributed by atoms with Gasteiger partial charge in [-0.1, -0.05) is 38.0 Å². The van der Waals surface area contributed by atoms with Crippen LogP contribution < -0.4 is 4.74 Å². The van der Waals surface area contributed by atoms with Gasteiger partial charge in [-0.15, -0.1) is 0 Å². The molecule has 1 fully saturated rings. The second-order valence-electron chi connectivity index (χ2n) is 4.76. The predicted octanol–water partition coefficient (Wildman–Crippen LogP) is 3.19. The molecule has 0 N–H and O–H groups in total. The number of benzene rings is 1. The van der Waals surface area contributed by atoms with E-state index in [2.05, 4.69) is 6.92 Å². The molecule has 0 aromatic heterocycles.